The molecule has 0 N–H and O–H groups in total. The summed E-state index contributed by atoms with van der Waals surface area (Å²) in [7, 11) is 0. The molecule has 0 unspecified atom stereocenters. The summed E-state index contributed by atoms with van der Waals surface area (Å²) in [6.07, 6.45) is 1.85. The van der Waals surface area contributed by atoms with E-state index in [0.29, 0.717) is 0 Å². The maximum Gasteiger partial charge on any atom is 0.387 e. The maximum atomic E-state index is 12.0. The van der Waals surface area contributed by atoms with Gasteiger partial charge in [-0.3, -0.25) is 0 Å². The predicted octanol–water partition coefficient (Wildman–Crippen LogP) is 4.22. The Labute approximate surface area is 109 Å². The van der Waals surface area contributed by atoms with E-state index in [2.05, 4.69) is 43.3 Å². The Kier molecular flexibility index (Phi) is 5.81. The summed E-state index contributed by atoms with van der Waals surface area (Å²) in [6, 6.07) is 5.03. The van der Waals surface area contributed by atoms with E-state index in [4.69, 9.17) is 0 Å². The highest BCUT2D eigenvalue weighted by Crippen LogP contribution is 2.22. The number of benzene rings is 1. The second kappa shape index (κ2) is 6.62. The van der Waals surface area contributed by atoms with Gasteiger partial charge in [-0.1, -0.05) is 15.9 Å². The SMILES string of the molecule is FC(F)Oc1ccc(I)c(CCCBr)c1. The Hall–Kier alpha value is 0.0900. The van der Waals surface area contributed by atoms with Gasteiger partial charge in [0.1, 0.15) is 5.75 Å². The lowest BCUT2D eigenvalue weighted by Crippen LogP contribution is -2.02. The number of hydrogen-bond acceptors (Lipinski definition) is 1. The molecule has 0 aromatic heterocycles. The van der Waals surface area contributed by atoms with Crippen LogP contribution in [0.5, 0.6) is 5.75 Å². The fraction of sp³-hybridized carbons (Fsp3) is 0.400. The highest BCUT2D eigenvalue weighted by atomic mass is 127. The van der Waals surface area contributed by atoms with Crippen LogP contribution in [0.3, 0.4) is 0 Å². The molecule has 1 aromatic carbocycles. The minimum Gasteiger partial charge on any atom is -0.435 e. The van der Waals surface area contributed by atoms with Crippen molar-refractivity contribution in [3.63, 3.8) is 0 Å². The van der Waals surface area contributed by atoms with Gasteiger partial charge >= 0.3 is 6.61 Å². The number of rotatable bonds is 5. The second-order valence-corrected chi connectivity index (χ2v) is 4.88. The molecule has 0 saturated heterocycles. The molecule has 0 aliphatic rings. The molecule has 0 aliphatic carbocycles. The predicted molar refractivity (Wildman–Crippen MR) is 67.9 cm³/mol. The average Bonchev–Trinajstić information content (AvgIpc) is 2.18. The highest BCUT2D eigenvalue weighted by Gasteiger charge is 2.06. The molecule has 0 saturated carbocycles. The van der Waals surface area contributed by atoms with Crippen LogP contribution in [-0.4, -0.2) is 11.9 Å². The first-order chi connectivity index (χ1) is 7.13. The third-order valence-electron chi connectivity index (χ3n) is 1.82. The minimum atomic E-state index is -2.76. The van der Waals surface area contributed by atoms with Crippen LogP contribution < -0.4 is 4.74 Å². The van der Waals surface area contributed by atoms with Gasteiger partial charge in [0.2, 0.25) is 0 Å². The Morgan fingerprint density at radius 3 is 2.73 bits per heavy atom. The van der Waals surface area contributed by atoms with E-state index in [0.717, 1.165) is 27.3 Å². The molecule has 1 nitrogen and oxygen atoms in total. The number of aryl methyl sites for hydroxylation is 1. The van der Waals surface area contributed by atoms with Crippen molar-refractivity contribution >= 4 is 38.5 Å². The van der Waals surface area contributed by atoms with Crippen molar-refractivity contribution in [1.82, 2.24) is 0 Å². The van der Waals surface area contributed by atoms with Gasteiger partial charge in [-0.15, -0.1) is 0 Å². The molecule has 0 radical (unpaired) electrons. The van der Waals surface area contributed by atoms with Gasteiger partial charge in [-0.2, -0.15) is 8.78 Å². The average molecular weight is 391 g/mol. The molecule has 0 bridgehead atoms. The van der Waals surface area contributed by atoms with Crippen molar-refractivity contribution in [3.05, 3.63) is 27.3 Å². The van der Waals surface area contributed by atoms with Gasteiger partial charge in [0.25, 0.3) is 0 Å². The number of hydrogen-bond donors (Lipinski definition) is 0. The highest BCUT2D eigenvalue weighted by molar-refractivity contribution is 14.1. The summed E-state index contributed by atoms with van der Waals surface area (Å²) in [6.45, 7) is -2.76. The van der Waals surface area contributed by atoms with Crippen LogP contribution in [0.2, 0.25) is 0 Å². The zero-order valence-corrected chi connectivity index (χ0v) is 11.6. The van der Waals surface area contributed by atoms with E-state index in [1.54, 1.807) is 18.2 Å². The van der Waals surface area contributed by atoms with E-state index in [1.165, 1.54) is 0 Å². The number of ether oxygens (including phenoxy) is 1. The van der Waals surface area contributed by atoms with Gasteiger partial charge in [0.15, 0.2) is 0 Å². The van der Waals surface area contributed by atoms with Crippen LogP contribution in [0.4, 0.5) is 8.78 Å². The first-order valence-corrected chi connectivity index (χ1v) is 6.62. The normalized spacial score (nSPS) is 10.7. The minimum absolute atomic E-state index is 0.231. The van der Waals surface area contributed by atoms with E-state index in [-0.39, 0.29) is 5.75 Å². The molecule has 0 aliphatic heterocycles. The lowest BCUT2D eigenvalue weighted by molar-refractivity contribution is -0.0498. The van der Waals surface area contributed by atoms with Gasteiger partial charge in [-0.05, 0) is 59.2 Å². The van der Waals surface area contributed by atoms with Crippen molar-refractivity contribution in [2.45, 2.75) is 19.5 Å². The first kappa shape index (κ1) is 13.2. The quantitative estimate of drug-likeness (QED) is 0.540. The summed E-state index contributed by atoms with van der Waals surface area (Å²) in [5.41, 5.74) is 1.05. The van der Waals surface area contributed by atoms with Crippen molar-refractivity contribution in [3.8, 4) is 5.75 Å². The molecule has 5 heteroatoms. The Bertz CT molecular complexity index is 320. The van der Waals surface area contributed by atoms with Crippen molar-refractivity contribution in [2.75, 3.05) is 5.33 Å². The van der Waals surface area contributed by atoms with E-state index < -0.39 is 6.61 Å². The molecule has 1 aromatic rings. The van der Waals surface area contributed by atoms with E-state index in [1.807, 2.05) is 0 Å². The third kappa shape index (κ3) is 4.63. The van der Waals surface area contributed by atoms with Gasteiger partial charge in [-0.25, -0.2) is 0 Å². The Morgan fingerprint density at radius 2 is 2.13 bits per heavy atom. The molecule has 0 spiro atoms. The standard InChI is InChI=1S/C10H10BrF2IO/c11-5-1-2-7-6-8(15-10(12)13)3-4-9(7)14/h3-4,6,10H,1-2,5H2. The molecule has 0 atom stereocenters. The Balaban J connectivity index is 2.75. The molecule has 15 heavy (non-hydrogen) atoms. The van der Waals surface area contributed by atoms with Crippen LogP contribution >= 0.6 is 38.5 Å². The smallest absolute Gasteiger partial charge is 0.387 e. The summed E-state index contributed by atoms with van der Waals surface area (Å²) in [5.74, 6) is 0.231. The molecule has 1 rings (SSSR count). The van der Waals surface area contributed by atoms with Crippen molar-refractivity contribution < 1.29 is 13.5 Å². The van der Waals surface area contributed by atoms with Crippen LogP contribution in [0.25, 0.3) is 0 Å². The number of alkyl halides is 3. The monoisotopic (exact) mass is 390 g/mol. The maximum absolute atomic E-state index is 12.0. The number of halogens is 4. The topological polar surface area (TPSA) is 9.23 Å². The zero-order valence-electron chi connectivity index (χ0n) is 7.85. The second-order valence-electron chi connectivity index (χ2n) is 2.92. The van der Waals surface area contributed by atoms with E-state index >= 15 is 0 Å². The third-order valence-corrected chi connectivity index (χ3v) is 3.44. The first-order valence-electron chi connectivity index (χ1n) is 4.42. The molecule has 0 amide bonds. The Morgan fingerprint density at radius 1 is 1.40 bits per heavy atom. The molecule has 0 heterocycles. The summed E-state index contributed by atoms with van der Waals surface area (Å²) in [4.78, 5) is 0. The lowest BCUT2D eigenvalue weighted by atomic mass is 10.1. The molecule has 84 valence electrons. The van der Waals surface area contributed by atoms with Gasteiger partial charge in [0, 0.05) is 8.90 Å². The molecular formula is C10H10BrF2IO. The summed E-state index contributed by atoms with van der Waals surface area (Å²) < 4.78 is 29.4. The fourth-order valence-electron chi connectivity index (χ4n) is 1.18. The van der Waals surface area contributed by atoms with Crippen molar-refractivity contribution in [1.29, 1.82) is 0 Å². The molecule has 0 fully saturated rings. The van der Waals surface area contributed by atoms with Crippen LogP contribution in [0, 0.1) is 3.57 Å². The van der Waals surface area contributed by atoms with Gasteiger partial charge < -0.3 is 4.74 Å². The van der Waals surface area contributed by atoms with Crippen LogP contribution in [0.1, 0.15) is 12.0 Å². The fourth-order valence-corrected chi connectivity index (χ4v) is 2.06. The summed E-state index contributed by atoms with van der Waals surface area (Å²) >= 11 is 5.53. The van der Waals surface area contributed by atoms with Crippen molar-refractivity contribution in [2.24, 2.45) is 0 Å². The molecular weight excluding hydrogens is 381 g/mol. The van der Waals surface area contributed by atoms with Gasteiger partial charge in [0.05, 0.1) is 0 Å². The lowest BCUT2D eigenvalue weighted by Gasteiger charge is -2.08. The van der Waals surface area contributed by atoms with Crippen LogP contribution in [-0.2, 0) is 6.42 Å². The van der Waals surface area contributed by atoms with E-state index in [9.17, 15) is 8.78 Å². The van der Waals surface area contributed by atoms with Crippen LogP contribution in [0.15, 0.2) is 18.2 Å². The largest absolute Gasteiger partial charge is 0.435 e. The zero-order chi connectivity index (χ0) is 11.3. The summed E-state index contributed by atoms with van der Waals surface area (Å²) in [5, 5.41) is 0.906.